The van der Waals surface area contributed by atoms with Crippen LogP contribution in [0.3, 0.4) is 0 Å². The topological polar surface area (TPSA) is 58.4 Å². The van der Waals surface area contributed by atoms with Gasteiger partial charge in [0.05, 0.1) is 0 Å². The molecule has 0 spiro atoms. The van der Waals surface area contributed by atoms with Gasteiger partial charge in [-0.2, -0.15) is 0 Å². The zero-order valence-corrected chi connectivity index (χ0v) is 12.5. The molecule has 1 aromatic carbocycles. The molecule has 4 heteroatoms. The molecule has 0 aliphatic carbocycles. The molecule has 1 fully saturated rings. The summed E-state index contributed by atoms with van der Waals surface area (Å²) in [5, 5.41) is 3.00. The van der Waals surface area contributed by atoms with Gasteiger partial charge in [-0.25, -0.2) is 0 Å². The fourth-order valence-corrected chi connectivity index (χ4v) is 2.72. The molecule has 0 saturated carbocycles. The lowest BCUT2D eigenvalue weighted by atomic mass is 10.0. The van der Waals surface area contributed by atoms with Gasteiger partial charge < -0.3 is 16.0 Å². The Morgan fingerprint density at radius 3 is 2.60 bits per heavy atom. The molecule has 0 aromatic heterocycles. The maximum atomic E-state index is 12.2. The van der Waals surface area contributed by atoms with Gasteiger partial charge in [-0.3, -0.25) is 4.79 Å². The van der Waals surface area contributed by atoms with Gasteiger partial charge in [0.15, 0.2) is 0 Å². The molecule has 1 aromatic rings. The highest BCUT2D eigenvalue weighted by molar-refractivity contribution is 5.96. The highest BCUT2D eigenvalue weighted by atomic mass is 16.1. The van der Waals surface area contributed by atoms with E-state index in [1.54, 1.807) is 6.07 Å². The minimum atomic E-state index is -0.0220. The zero-order valence-electron chi connectivity index (χ0n) is 12.5. The third-order valence-corrected chi connectivity index (χ3v) is 4.02. The molecule has 0 atom stereocenters. The Kier molecular flexibility index (Phi) is 5.01. The minimum absolute atomic E-state index is 0.0220. The van der Waals surface area contributed by atoms with Crippen LogP contribution in [-0.4, -0.2) is 37.0 Å². The summed E-state index contributed by atoms with van der Waals surface area (Å²) in [6.07, 6.45) is 3.90. The van der Waals surface area contributed by atoms with Crippen molar-refractivity contribution in [2.75, 3.05) is 31.9 Å². The number of nitrogens with two attached hydrogens (primary N) is 1. The van der Waals surface area contributed by atoms with E-state index in [0.717, 1.165) is 30.8 Å². The van der Waals surface area contributed by atoms with Crippen LogP contribution in [0.5, 0.6) is 0 Å². The zero-order chi connectivity index (χ0) is 14.5. The van der Waals surface area contributed by atoms with E-state index in [9.17, 15) is 4.79 Å². The van der Waals surface area contributed by atoms with Gasteiger partial charge in [-0.1, -0.05) is 12.5 Å². The van der Waals surface area contributed by atoms with Crippen LogP contribution in [-0.2, 0) is 0 Å². The van der Waals surface area contributed by atoms with Crippen molar-refractivity contribution in [3.8, 4) is 0 Å². The summed E-state index contributed by atoms with van der Waals surface area (Å²) in [7, 11) is 0. The second kappa shape index (κ2) is 6.75. The average molecular weight is 275 g/mol. The summed E-state index contributed by atoms with van der Waals surface area (Å²) in [6, 6.07) is 3.75. The van der Waals surface area contributed by atoms with Crippen molar-refractivity contribution in [1.29, 1.82) is 0 Å². The van der Waals surface area contributed by atoms with Crippen molar-refractivity contribution in [1.82, 2.24) is 10.2 Å². The molecule has 3 N–H and O–H groups in total. The molecule has 0 bridgehead atoms. The smallest absolute Gasteiger partial charge is 0.251 e. The summed E-state index contributed by atoms with van der Waals surface area (Å²) in [4.78, 5) is 14.6. The lowest BCUT2D eigenvalue weighted by Crippen LogP contribution is -2.37. The number of hydrogen-bond acceptors (Lipinski definition) is 3. The molecule has 2 rings (SSSR count). The second-order valence-corrected chi connectivity index (χ2v) is 5.68. The van der Waals surface area contributed by atoms with E-state index >= 15 is 0 Å². The van der Waals surface area contributed by atoms with Gasteiger partial charge in [0.1, 0.15) is 0 Å². The Hall–Kier alpha value is -1.55. The Balaban J connectivity index is 1.87. The molecular weight excluding hydrogens is 250 g/mol. The fraction of sp³-hybridized carbons (Fsp3) is 0.562. The van der Waals surface area contributed by atoms with Crippen molar-refractivity contribution in [3.05, 3.63) is 28.8 Å². The van der Waals surface area contributed by atoms with E-state index in [2.05, 4.69) is 10.2 Å². The monoisotopic (exact) mass is 275 g/mol. The van der Waals surface area contributed by atoms with Crippen LogP contribution < -0.4 is 11.1 Å². The molecule has 0 unspecified atom stereocenters. The number of carbonyl (C=O) groups is 1. The van der Waals surface area contributed by atoms with Crippen LogP contribution >= 0.6 is 0 Å². The van der Waals surface area contributed by atoms with Gasteiger partial charge in [0, 0.05) is 24.3 Å². The maximum Gasteiger partial charge on any atom is 0.251 e. The van der Waals surface area contributed by atoms with Crippen molar-refractivity contribution in [3.63, 3.8) is 0 Å². The van der Waals surface area contributed by atoms with Crippen molar-refractivity contribution in [2.45, 2.75) is 33.1 Å². The lowest BCUT2D eigenvalue weighted by Gasteiger charge is -2.26. The first-order valence-corrected chi connectivity index (χ1v) is 7.45. The van der Waals surface area contributed by atoms with Crippen LogP contribution in [0.4, 0.5) is 5.69 Å². The molecule has 1 heterocycles. The summed E-state index contributed by atoms with van der Waals surface area (Å²) in [5.74, 6) is -0.0220. The van der Waals surface area contributed by atoms with Crippen molar-refractivity contribution < 1.29 is 4.79 Å². The number of benzene rings is 1. The largest absolute Gasteiger partial charge is 0.398 e. The first kappa shape index (κ1) is 14.9. The Labute approximate surface area is 121 Å². The molecule has 1 amide bonds. The second-order valence-electron chi connectivity index (χ2n) is 5.68. The summed E-state index contributed by atoms with van der Waals surface area (Å²) >= 11 is 0. The first-order valence-electron chi connectivity index (χ1n) is 7.45. The number of nitrogens with one attached hydrogen (secondary N) is 1. The molecule has 4 nitrogen and oxygen atoms in total. The van der Waals surface area contributed by atoms with Crippen molar-refractivity contribution >= 4 is 11.6 Å². The average Bonchev–Trinajstić information content (AvgIpc) is 2.44. The number of rotatable bonds is 4. The number of amides is 1. The Morgan fingerprint density at radius 2 is 1.90 bits per heavy atom. The third kappa shape index (κ3) is 3.73. The molecule has 20 heavy (non-hydrogen) atoms. The van der Waals surface area contributed by atoms with E-state index in [-0.39, 0.29) is 5.91 Å². The molecule has 1 aliphatic heterocycles. The normalized spacial score (nSPS) is 16.1. The number of likely N-dealkylation sites (tertiary alicyclic amines) is 1. The van der Waals surface area contributed by atoms with E-state index in [4.69, 9.17) is 5.73 Å². The molecule has 110 valence electrons. The van der Waals surface area contributed by atoms with E-state index in [0.29, 0.717) is 17.8 Å². The fourth-order valence-electron chi connectivity index (χ4n) is 2.72. The number of piperidine rings is 1. The highest BCUT2D eigenvalue weighted by Gasteiger charge is 2.12. The Bertz CT molecular complexity index is 479. The van der Waals surface area contributed by atoms with Gasteiger partial charge in [-0.05, 0) is 57.0 Å². The van der Waals surface area contributed by atoms with Crippen LogP contribution in [0.2, 0.25) is 0 Å². The van der Waals surface area contributed by atoms with E-state index in [1.165, 1.54) is 19.3 Å². The third-order valence-electron chi connectivity index (χ3n) is 4.02. The Morgan fingerprint density at radius 1 is 1.20 bits per heavy atom. The van der Waals surface area contributed by atoms with Crippen LogP contribution in [0.25, 0.3) is 0 Å². The lowest BCUT2D eigenvalue weighted by molar-refractivity contribution is 0.0946. The number of aryl methyl sites for hydroxylation is 2. The molecular formula is C16H25N3O. The van der Waals surface area contributed by atoms with Gasteiger partial charge in [0.25, 0.3) is 5.91 Å². The molecule has 0 radical (unpaired) electrons. The summed E-state index contributed by atoms with van der Waals surface area (Å²) in [5.41, 5.74) is 9.25. The predicted octanol–water partition coefficient (Wildman–Crippen LogP) is 2.10. The SMILES string of the molecule is Cc1cc(C)c(C(=O)NCCN2CCCCC2)cc1N. The minimum Gasteiger partial charge on any atom is -0.398 e. The highest BCUT2D eigenvalue weighted by Crippen LogP contribution is 2.17. The standard InChI is InChI=1S/C16H25N3O/c1-12-10-13(2)15(17)11-14(12)16(20)18-6-9-19-7-4-3-5-8-19/h10-11H,3-9,17H2,1-2H3,(H,18,20). The summed E-state index contributed by atoms with van der Waals surface area (Å²) in [6.45, 7) is 7.86. The molecule has 1 aliphatic rings. The van der Waals surface area contributed by atoms with Crippen LogP contribution in [0.15, 0.2) is 12.1 Å². The van der Waals surface area contributed by atoms with Gasteiger partial charge >= 0.3 is 0 Å². The first-order chi connectivity index (χ1) is 9.58. The van der Waals surface area contributed by atoms with Crippen molar-refractivity contribution in [2.24, 2.45) is 0 Å². The summed E-state index contributed by atoms with van der Waals surface area (Å²) < 4.78 is 0. The number of hydrogen-bond donors (Lipinski definition) is 2. The van der Waals surface area contributed by atoms with Crippen LogP contribution in [0, 0.1) is 13.8 Å². The number of nitrogen functional groups attached to an aromatic ring is 1. The van der Waals surface area contributed by atoms with Crippen LogP contribution in [0.1, 0.15) is 40.7 Å². The number of anilines is 1. The maximum absolute atomic E-state index is 12.2. The number of nitrogens with zero attached hydrogens (tertiary/aromatic N) is 1. The van der Waals surface area contributed by atoms with E-state index < -0.39 is 0 Å². The number of carbonyl (C=O) groups excluding carboxylic acids is 1. The molecule has 1 saturated heterocycles. The van der Waals surface area contributed by atoms with Gasteiger partial charge in [-0.15, -0.1) is 0 Å². The van der Waals surface area contributed by atoms with E-state index in [1.807, 2.05) is 19.9 Å². The predicted molar refractivity (Wildman–Crippen MR) is 83.0 cm³/mol. The quantitative estimate of drug-likeness (QED) is 0.827. The van der Waals surface area contributed by atoms with Gasteiger partial charge in [0.2, 0.25) is 0 Å².